The standard InChI is InChI=1S/C17H14N6O2/c1-2-23-15-12(11-5-3-4-10(6-11)9-24)7-19-8-13(15)20-17(23)14-16(18)22-25-21-14/h3-9H,2H2,1H3,(H2,18,22). The van der Waals surface area contributed by atoms with E-state index in [1.54, 1.807) is 18.5 Å². The van der Waals surface area contributed by atoms with Crippen molar-refractivity contribution in [1.29, 1.82) is 0 Å². The lowest BCUT2D eigenvalue weighted by molar-refractivity contribution is 0.112. The predicted octanol–water partition coefficient (Wildman–Crippen LogP) is 2.56. The third-order valence-electron chi connectivity index (χ3n) is 4.03. The number of nitrogens with zero attached hydrogens (tertiary/aromatic N) is 5. The van der Waals surface area contributed by atoms with Crippen LogP contribution in [0.2, 0.25) is 0 Å². The van der Waals surface area contributed by atoms with Crippen molar-refractivity contribution in [3.05, 3.63) is 42.2 Å². The van der Waals surface area contributed by atoms with Gasteiger partial charge in [0.05, 0.1) is 11.7 Å². The quantitative estimate of drug-likeness (QED) is 0.571. The van der Waals surface area contributed by atoms with E-state index in [1.807, 2.05) is 29.7 Å². The summed E-state index contributed by atoms with van der Waals surface area (Å²) in [7, 11) is 0. The number of pyridine rings is 1. The van der Waals surface area contributed by atoms with Gasteiger partial charge in [-0.15, -0.1) is 0 Å². The number of hydrogen-bond acceptors (Lipinski definition) is 7. The summed E-state index contributed by atoms with van der Waals surface area (Å²) >= 11 is 0. The van der Waals surface area contributed by atoms with Crippen LogP contribution in [-0.4, -0.2) is 31.1 Å². The molecule has 0 radical (unpaired) electrons. The molecule has 0 spiro atoms. The molecule has 0 fully saturated rings. The van der Waals surface area contributed by atoms with Crippen molar-refractivity contribution >= 4 is 23.1 Å². The Balaban J connectivity index is 2.02. The fraction of sp³-hybridized carbons (Fsp3) is 0.118. The van der Waals surface area contributed by atoms with Crippen LogP contribution in [0.1, 0.15) is 17.3 Å². The normalized spacial score (nSPS) is 11.1. The molecule has 0 bridgehead atoms. The van der Waals surface area contributed by atoms with Crippen molar-refractivity contribution in [2.24, 2.45) is 0 Å². The summed E-state index contributed by atoms with van der Waals surface area (Å²) in [6.07, 6.45) is 4.26. The third kappa shape index (κ3) is 2.35. The number of carbonyl (C=O) groups excluding carboxylic acids is 1. The van der Waals surface area contributed by atoms with Crippen molar-refractivity contribution in [3.63, 3.8) is 0 Å². The van der Waals surface area contributed by atoms with Crippen molar-refractivity contribution in [2.45, 2.75) is 13.5 Å². The van der Waals surface area contributed by atoms with Crippen LogP contribution >= 0.6 is 0 Å². The van der Waals surface area contributed by atoms with Crippen molar-refractivity contribution in [1.82, 2.24) is 24.8 Å². The number of imidazole rings is 1. The van der Waals surface area contributed by atoms with Gasteiger partial charge in [-0.05, 0) is 28.9 Å². The lowest BCUT2D eigenvalue weighted by Gasteiger charge is -2.09. The highest BCUT2D eigenvalue weighted by molar-refractivity contribution is 5.94. The maximum Gasteiger partial charge on any atom is 0.199 e. The maximum atomic E-state index is 11.1. The van der Waals surface area contributed by atoms with Gasteiger partial charge in [-0.2, -0.15) is 0 Å². The highest BCUT2D eigenvalue weighted by Gasteiger charge is 2.20. The van der Waals surface area contributed by atoms with Crippen LogP contribution in [0.4, 0.5) is 5.82 Å². The summed E-state index contributed by atoms with van der Waals surface area (Å²) in [5, 5.41) is 7.48. The minimum absolute atomic E-state index is 0.183. The molecule has 2 N–H and O–H groups in total. The Morgan fingerprint density at radius 1 is 1.28 bits per heavy atom. The summed E-state index contributed by atoms with van der Waals surface area (Å²) < 4.78 is 6.69. The molecule has 8 heteroatoms. The number of carbonyl (C=O) groups is 1. The van der Waals surface area contributed by atoms with E-state index < -0.39 is 0 Å². The third-order valence-corrected chi connectivity index (χ3v) is 4.03. The lowest BCUT2D eigenvalue weighted by atomic mass is 10.0. The largest absolute Gasteiger partial charge is 0.379 e. The van der Waals surface area contributed by atoms with Gasteiger partial charge in [0, 0.05) is 23.9 Å². The summed E-state index contributed by atoms with van der Waals surface area (Å²) in [4.78, 5) is 20.0. The molecule has 4 aromatic rings. The first-order valence-electron chi connectivity index (χ1n) is 7.71. The number of fused-ring (bicyclic) bond motifs is 1. The van der Waals surface area contributed by atoms with Crippen LogP contribution in [0.25, 0.3) is 33.7 Å². The predicted molar refractivity (Wildman–Crippen MR) is 91.7 cm³/mol. The molecule has 0 amide bonds. The van der Waals surface area contributed by atoms with Gasteiger partial charge in [-0.25, -0.2) is 9.61 Å². The zero-order chi connectivity index (χ0) is 17.4. The first-order valence-corrected chi connectivity index (χ1v) is 7.71. The molecule has 3 heterocycles. The molecule has 0 saturated heterocycles. The molecular weight excluding hydrogens is 320 g/mol. The smallest absolute Gasteiger partial charge is 0.199 e. The van der Waals surface area contributed by atoms with Crippen LogP contribution in [0, 0.1) is 0 Å². The Morgan fingerprint density at radius 3 is 2.88 bits per heavy atom. The van der Waals surface area contributed by atoms with E-state index in [0.717, 1.165) is 22.9 Å². The van der Waals surface area contributed by atoms with Crippen LogP contribution in [-0.2, 0) is 6.54 Å². The van der Waals surface area contributed by atoms with E-state index in [1.165, 1.54) is 0 Å². The number of nitrogen functional groups attached to an aromatic ring is 1. The second-order valence-electron chi connectivity index (χ2n) is 5.48. The Morgan fingerprint density at radius 2 is 2.16 bits per heavy atom. The number of aryl methyl sites for hydroxylation is 1. The minimum atomic E-state index is 0.183. The van der Waals surface area contributed by atoms with Crippen molar-refractivity contribution in [2.75, 3.05) is 5.73 Å². The van der Waals surface area contributed by atoms with Gasteiger partial charge in [-0.3, -0.25) is 9.78 Å². The number of aromatic nitrogens is 5. The van der Waals surface area contributed by atoms with Crippen molar-refractivity contribution in [3.8, 4) is 22.6 Å². The number of aldehydes is 1. The van der Waals surface area contributed by atoms with E-state index in [9.17, 15) is 4.79 Å². The fourth-order valence-electron chi connectivity index (χ4n) is 2.92. The average molecular weight is 334 g/mol. The van der Waals surface area contributed by atoms with Gasteiger partial charge in [0.2, 0.25) is 0 Å². The molecule has 8 nitrogen and oxygen atoms in total. The molecular formula is C17H14N6O2. The van der Waals surface area contributed by atoms with Gasteiger partial charge in [0.25, 0.3) is 0 Å². The molecule has 1 aromatic carbocycles. The topological polar surface area (TPSA) is 113 Å². The number of nitrogens with two attached hydrogens (primary N) is 1. The lowest BCUT2D eigenvalue weighted by Crippen LogP contribution is -2.01. The van der Waals surface area contributed by atoms with Crippen LogP contribution < -0.4 is 5.73 Å². The number of anilines is 1. The van der Waals surface area contributed by atoms with E-state index in [2.05, 4.69) is 20.3 Å². The highest BCUT2D eigenvalue weighted by Crippen LogP contribution is 2.32. The average Bonchev–Trinajstić information content (AvgIpc) is 3.24. The molecule has 0 aliphatic carbocycles. The first-order chi connectivity index (χ1) is 12.2. The molecule has 0 aliphatic heterocycles. The first kappa shape index (κ1) is 15.0. The SMILES string of the molecule is CCn1c(-c2nonc2N)nc2cncc(-c3cccc(C=O)c3)c21. The zero-order valence-electron chi connectivity index (χ0n) is 13.4. The second kappa shape index (κ2) is 5.82. The molecule has 3 aromatic heterocycles. The van der Waals surface area contributed by atoms with Gasteiger partial charge in [-0.1, -0.05) is 18.2 Å². The zero-order valence-corrected chi connectivity index (χ0v) is 13.4. The number of hydrogen-bond donors (Lipinski definition) is 1. The van der Waals surface area contributed by atoms with E-state index in [-0.39, 0.29) is 5.82 Å². The Labute approximate surface area is 142 Å². The summed E-state index contributed by atoms with van der Waals surface area (Å²) in [5.41, 5.74) is 10.2. The molecule has 0 atom stereocenters. The van der Waals surface area contributed by atoms with E-state index in [4.69, 9.17) is 10.4 Å². The Hall–Kier alpha value is -3.55. The van der Waals surface area contributed by atoms with Crippen LogP contribution in [0.3, 0.4) is 0 Å². The van der Waals surface area contributed by atoms with E-state index in [0.29, 0.717) is 29.1 Å². The number of benzene rings is 1. The summed E-state index contributed by atoms with van der Waals surface area (Å²) in [6, 6.07) is 7.35. The maximum absolute atomic E-state index is 11.1. The van der Waals surface area contributed by atoms with Crippen molar-refractivity contribution < 1.29 is 9.42 Å². The minimum Gasteiger partial charge on any atom is -0.379 e. The molecule has 124 valence electrons. The van der Waals surface area contributed by atoms with Gasteiger partial charge in [0.15, 0.2) is 17.3 Å². The summed E-state index contributed by atoms with van der Waals surface area (Å²) in [6.45, 7) is 2.64. The van der Waals surface area contributed by atoms with Crippen LogP contribution in [0.5, 0.6) is 0 Å². The Bertz CT molecular complexity index is 1080. The fourth-order valence-corrected chi connectivity index (χ4v) is 2.92. The molecule has 0 saturated carbocycles. The molecule has 0 aliphatic rings. The molecule has 0 unspecified atom stereocenters. The van der Waals surface area contributed by atoms with E-state index >= 15 is 0 Å². The number of rotatable bonds is 4. The monoisotopic (exact) mass is 334 g/mol. The highest BCUT2D eigenvalue weighted by atomic mass is 16.6. The van der Waals surface area contributed by atoms with Gasteiger partial charge >= 0.3 is 0 Å². The van der Waals surface area contributed by atoms with Gasteiger partial charge in [0.1, 0.15) is 11.8 Å². The molecule has 25 heavy (non-hydrogen) atoms. The van der Waals surface area contributed by atoms with Gasteiger partial charge < -0.3 is 10.3 Å². The molecule has 4 rings (SSSR count). The summed E-state index contributed by atoms with van der Waals surface area (Å²) in [5.74, 6) is 0.750. The van der Waals surface area contributed by atoms with Crippen LogP contribution in [0.15, 0.2) is 41.3 Å². The Kier molecular flexibility index (Phi) is 3.50. The second-order valence-corrected chi connectivity index (χ2v) is 5.48.